The highest BCUT2D eigenvalue weighted by Gasteiger charge is 2.22. The monoisotopic (exact) mass is 384 g/mol. The fourth-order valence-electron chi connectivity index (χ4n) is 3.22. The lowest BCUT2D eigenvalue weighted by Crippen LogP contribution is -2.32. The number of fused-ring (bicyclic) bond motifs is 1. The van der Waals surface area contributed by atoms with Crippen molar-refractivity contribution in [3.8, 4) is 17.1 Å². The van der Waals surface area contributed by atoms with Gasteiger partial charge in [-0.05, 0) is 18.2 Å². The summed E-state index contributed by atoms with van der Waals surface area (Å²) in [6.07, 6.45) is 2.54. The Labute approximate surface area is 160 Å². The zero-order valence-electron chi connectivity index (χ0n) is 15.0. The molecule has 0 spiro atoms. The molecule has 0 aliphatic carbocycles. The highest BCUT2D eigenvalue weighted by atomic mass is 19.1. The van der Waals surface area contributed by atoms with Crippen molar-refractivity contribution in [2.75, 3.05) is 6.61 Å². The van der Waals surface area contributed by atoms with Gasteiger partial charge in [0.05, 0.1) is 24.4 Å². The number of benzene rings is 2. The van der Waals surface area contributed by atoms with Gasteiger partial charge >= 0.3 is 0 Å². The molecular formula is C21H18F2N2O3. The minimum atomic E-state index is -0.723. The number of para-hydroxylation sites is 1. The summed E-state index contributed by atoms with van der Waals surface area (Å²) < 4.78 is 38.0. The van der Waals surface area contributed by atoms with Crippen molar-refractivity contribution < 1.29 is 22.7 Å². The maximum Gasteiger partial charge on any atom is 0.220 e. The van der Waals surface area contributed by atoms with E-state index < -0.39 is 11.6 Å². The topological polar surface area (TPSA) is 64.4 Å². The molecule has 2 aromatic carbocycles. The Morgan fingerprint density at radius 2 is 2.07 bits per heavy atom. The lowest BCUT2D eigenvalue weighted by Gasteiger charge is -2.26. The van der Waals surface area contributed by atoms with Crippen molar-refractivity contribution in [1.29, 1.82) is 0 Å². The van der Waals surface area contributed by atoms with E-state index in [4.69, 9.17) is 9.15 Å². The van der Waals surface area contributed by atoms with E-state index in [-0.39, 0.29) is 36.1 Å². The second-order valence-corrected chi connectivity index (χ2v) is 6.54. The van der Waals surface area contributed by atoms with Crippen molar-refractivity contribution in [1.82, 2.24) is 10.3 Å². The van der Waals surface area contributed by atoms with E-state index in [1.54, 1.807) is 0 Å². The van der Waals surface area contributed by atoms with Gasteiger partial charge < -0.3 is 14.5 Å². The van der Waals surface area contributed by atoms with Crippen molar-refractivity contribution in [2.45, 2.75) is 25.3 Å². The first kappa shape index (κ1) is 18.2. The lowest BCUT2D eigenvalue weighted by molar-refractivity contribution is -0.122. The largest absolute Gasteiger partial charge is 0.493 e. The summed E-state index contributed by atoms with van der Waals surface area (Å²) in [5.41, 5.74) is 1.09. The van der Waals surface area contributed by atoms with Crippen LogP contribution in [0.4, 0.5) is 8.78 Å². The fraction of sp³-hybridized carbons (Fsp3) is 0.238. The molecule has 144 valence electrons. The van der Waals surface area contributed by atoms with Crippen LogP contribution in [-0.2, 0) is 11.2 Å². The third-order valence-corrected chi connectivity index (χ3v) is 4.61. The molecule has 1 atom stereocenters. The predicted octanol–water partition coefficient (Wildman–Crippen LogP) is 4.19. The van der Waals surface area contributed by atoms with Gasteiger partial charge in [-0.2, -0.15) is 0 Å². The van der Waals surface area contributed by atoms with E-state index in [9.17, 15) is 13.6 Å². The zero-order valence-corrected chi connectivity index (χ0v) is 15.0. The maximum atomic E-state index is 13.8. The maximum absolute atomic E-state index is 13.8. The van der Waals surface area contributed by atoms with Crippen LogP contribution >= 0.6 is 0 Å². The molecule has 1 unspecified atom stereocenters. The smallest absolute Gasteiger partial charge is 0.220 e. The van der Waals surface area contributed by atoms with Gasteiger partial charge in [0.1, 0.15) is 17.4 Å². The molecule has 0 saturated heterocycles. The van der Waals surface area contributed by atoms with Crippen LogP contribution in [0.2, 0.25) is 0 Å². The molecule has 1 aromatic heterocycles. The summed E-state index contributed by atoms with van der Waals surface area (Å²) in [5, 5.41) is 3.01. The van der Waals surface area contributed by atoms with Gasteiger partial charge in [0, 0.05) is 30.9 Å². The summed E-state index contributed by atoms with van der Waals surface area (Å²) in [4.78, 5) is 16.4. The molecule has 2 heterocycles. The van der Waals surface area contributed by atoms with Gasteiger partial charge in [-0.1, -0.05) is 18.2 Å². The molecule has 0 saturated carbocycles. The fourth-order valence-corrected chi connectivity index (χ4v) is 3.22. The summed E-state index contributed by atoms with van der Waals surface area (Å²) in [6.45, 7) is 0.550. The summed E-state index contributed by atoms with van der Waals surface area (Å²) in [6, 6.07) is 10.8. The van der Waals surface area contributed by atoms with Crippen LogP contribution in [0.3, 0.4) is 0 Å². The minimum Gasteiger partial charge on any atom is -0.493 e. The lowest BCUT2D eigenvalue weighted by atomic mass is 10.0. The van der Waals surface area contributed by atoms with Gasteiger partial charge in [-0.15, -0.1) is 0 Å². The van der Waals surface area contributed by atoms with Crippen LogP contribution in [0.15, 0.2) is 53.1 Å². The second kappa shape index (κ2) is 7.80. The number of nitrogens with one attached hydrogen (secondary N) is 1. The van der Waals surface area contributed by atoms with Crippen LogP contribution in [0.5, 0.6) is 5.75 Å². The molecule has 1 amide bonds. The third kappa shape index (κ3) is 3.88. The second-order valence-electron chi connectivity index (χ2n) is 6.54. The van der Waals surface area contributed by atoms with Gasteiger partial charge in [-0.25, -0.2) is 13.8 Å². The SMILES string of the molecule is O=C(CCc1ncc(-c2ccc(F)cc2F)o1)NC1CCOc2ccccc21. The molecular weight excluding hydrogens is 366 g/mol. The minimum absolute atomic E-state index is 0.0918. The number of amides is 1. The standard InChI is InChI=1S/C21H18F2N2O3/c22-13-5-6-14(16(23)11-13)19-12-24-21(28-19)8-7-20(26)25-17-9-10-27-18-4-2-1-3-15(17)18/h1-6,11-12,17H,7-10H2,(H,25,26). The summed E-state index contributed by atoms with van der Waals surface area (Å²) in [5.74, 6) is -0.203. The highest BCUT2D eigenvalue weighted by molar-refractivity contribution is 5.76. The number of aromatic nitrogens is 1. The molecule has 4 rings (SSSR count). The van der Waals surface area contributed by atoms with Crippen molar-refractivity contribution in [3.05, 3.63) is 71.8 Å². The molecule has 1 aliphatic heterocycles. The predicted molar refractivity (Wildman–Crippen MR) is 97.6 cm³/mol. The van der Waals surface area contributed by atoms with E-state index in [0.717, 1.165) is 23.4 Å². The molecule has 28 heavy (non-hydrogen) atoms. The zero-order chi connectivity index (χ0) is 19.5. The van der Waals surface area contributed by atoms with Crippen LogP contribution in [0.1, 0.15) is 30.3 Å². The van der Waals surface area contributed by atoms with E-state index in [2.05, 4.69) is 10.3 Å². The number of nitrogens with zero attached hydrogens (tertiary/aromatic N) is 1. The van der Waals surface area contributed by atoms with Crippen molar-refractivity contribution >= 4 is 5.91 Å². The first-order valence-electron chi connectivity index (χ1n) is 9.01. The van der Waals surface area contributed by atoms with Crippen molar-refractivity contribution in [3.63, 3.8) is 0 Å². The Bertz CT molecular complexity index is 1000. The number of rotatable bonds is 5. The molecule has 0 bridgehead atoms. The number of carbonyl (C=O) groups is 1. The first-order chi connectivity index (χ1) is 13.6. The number of carbonyl (C=O) groups excluding carboxylic acids is 1. The van der Waals surface area contributed by atoms with Crippen LogP contribution in [-0.4, -0.2) is 17.5 Å². The molecule has 7 heteroatoms. The van der Waals surface area contributed by atoms with Crippen LogP contribution in [0.25, 0.3) is 11.3 Å². The molecule has 1 aliphatic rings. The number of oxazole rings is 1. The Hall–Kier alpha value is -3.22. The molecule has 3 aromatic rings. The average Bonchev–Trinajstić information content (AvgIpc) is 3.15. The van der Waals surface area contributed by atoms with Gasteiger partial charge in [0.15, 0.2) is 11.7 Å². The Balaban J connectivity index is 1.37. The van der Waals surface area contributed by atoms with Gasteiger partial charge in [0.2, 0.25) is 5.91 Å². The average molecular weight is 384 g/mol. The summed E-state index contributed by atoms with van der Waals surface area (Å²) >= 11 is 0. The first-order valence-corrected chi connectivity index (χ1v) is 9.01. The van der Waals surface area contributed by atoms with Gasteiger partial charge in [0.25, 0.3) is 0 Å². The molecule has 1 N–H and O–H groups in total. The number of halogens is 2. The number of hydrogen-bond donors (Lipinski definition) is 1. The normalized spacial score (nSPS) is 15.6. The van der Waals surface area contributed by atoms with Crippen LogP contribution in [0, 0.1) is 11.6 Å². The van der Waals surface area contributed by atoms with E-state index in [0.29, 0.717) is 18.9 Å². The Kier molecular flexibility index (Phi) is 5.06. The van der Waals surface area contributed by atoms with Gasteiger partial charge in [-0.3, -0.25) is 4.79 Å². The van der Waals surface area contributed by atoms with Crippen molar-refractivity contribution in [2.24, 2.45) is 0 Å². The number of hydrogen-bond acceptors (Lipinski definition) is 4. The number of aryl methyl sites for hydroxylation is 1. The van der Waals surface area contributed by atoms with Crippen LogP contribution < -0.4 is 10.1 Å². The third-order valence-electron chi connectivity index (χ3n) is 4.61. The van der Waals surface area contributed by atoms with E-state index in [1.165, 1.54) is 12.3 Å². The Morgan fingerprint density at radius 1 is 1.21 bits per heavy atom. The quantitative estimate of drug-likeness (QED) is 0.716. The number of ether oxygens (including phenoxy) is 1. The highest BCUT2D eigenvalue weighted by Crippen LogP contribution is 2.31. The van der Waals surface area contributed by atoms with E-state index >= 15 is 0 Å². The van der Waals surface area contributed by atoms with E-state index in [1.807, 2.05) is 24.3 Å². The molecule has 0 fully saturated rings. The Morgan fingerprint density at radius 3 is 2.93 bits per heavy atom. The molecule has 5 nitrogen and oxygen atoms in total. The summed E-state index contributed by atoms with van der Waals surface area (Å²) in [7, 11) is 0. The molecule has 0 radical (unpaired) electrons.